The Hall–Kier alpha value is -4.61. The van der Waals surface area contributed by atoms with Crippen LogP contribution in [0.15, 0.2) is 41.5 Å². The first-order valence-corrected chi connectivity index (χ1v) is 12.2. The first kappa shape index (κ1) is 23.8. The number of hydrogen-bond donors (Lipinski definition) is 3. The third-order valence-electron chi connectivity index (χ3n) is 7.36. The Bertz CT molecular complexity index is 1760. The number of H-pyrrole nitrogens is 1. The van der Waals surface area contributed by atoms with Gasteiger partial charge < -0.3 is 20.1 Å². The molecular weight excluding hydrogens is 493 g/mol. The van der Waals surface area contributed by atoms with Gasteiger partial charge in [0.25, 0.3) is 0 Å². The number of aromatic amines is 1. The number of benzene rings is 1. The molecule has 2 atom stereocenters. The number of nitrogens with zero attached hydrogens (tertiary/aromatic N) is 5. The molecule has 0 radical (unpaired) electrons. The van der Waals surface area contributed by atoms with Crippen LogP contribution in [0.1, 0.15) is 25.3 Å². The Morgan fingerprint density at radius 2 is 2.00 bits per heavy atom. The van der Waals surface area contributed by atoms with Crippen LogP contribution in [-0.2, 0) is 14.1 Å². The van der Waals surface area contributed by atoms with E-state index in [1.165, 1.54) is 12.1 Å². The second-order valence-electron chi connectivity index (χ2n) is 9.65. The molecule has 4 heterocycles. The van der Waals surface area contributed by atoms with Gasteiger partial charge in [0.05, 0.1) is 41.0 Å². The Morgan fingerprint density at radius 1 is 1.24 bits per heavy atom. The Kier molecular flexibility index (Phi) is 5.47. The second-order valence-corrected chi connectivity index (χ2v) is 9.65. The molecule has 0 bridgehead atoms. The highest BCUT2D eigenvalue weighted by Crippen LogP contribution is 2.44. The number of carbonyl (C=O) groups is 1. The molecule has 1 aliphatic carbocycles. The minimum absolute atomic E-state index is 0.206. The van der Waals surface area contributed by atoms with E-state index in [9.17, 15) is 19.1 Å². The van der Waals surface area contributed by atoms with Crippen LogP contribution in [-0.4, -0.2) is 53.2 Å². The lowest BCUT2D eigenvalue weighted by atomic mass is 9.99. The fourth-order valence-electron chi connectivity index (χ4n) is 5.71. The maximum absolute atomic E-state index is 13.9. The maximum Gasteiger partial charge on any atom is 0.404 e. The summed E-state index contributed by atoms with van der Waals surface area (Å²) in [4.78, 5) is 32.9. The number of nitrogens with one attached hydrogen (secondary N) is 2. The van der Waals surface area contributed by atoms with Crippen molar-refractivity contribution < 1.29 is 19.0 Å². The van der Waals surface area contributed by atoms with Crippen molar-refractivity contribution in [2.75, 3.05) is 7.11 Å². The van der Waals surface area contributed by atoms with Crippen LogP contribution >= 0.6 is 0 Å². The van der Waals surface area contributed by atoms with Crippen molar-refractivity contribution in [2.24, 2.45) is 14.1 Å². The first-order valence-electron chi connectivity index (χ1n) is 12.2. The van der Waals surface area contributed by atoms with Gasteiger partial charge in [-0.05, 0) is 37.0 Å². The summed E-state index contributed by atoms with van der Waals surface area (Å²) < 4.78 is 24.4. The molecule has 11 nitrogen and oxygen atoms in total. The zero-order valence-electron chi connectivity index (χ0n) is 21.0. The number of aromatic nitrogens is 6. The largest absolute Gasteiger partial charge is 0.479 e. The molecule has 6 rings (SSSR count). The van der Waals surface area contributed by atoms with E-state index < -0.39 is 6.09 Å². The van der Waals surface area contributed by atoms with Gasteiger partial charge in [0, 0.05) is 37.9 Å². The summed E-state index contributed by atoms with van der Waals surface area (Å²) in [5.41, 5.74) is 4.51. The van der Waals surface area contributed by atoms with Crippen LogP contribution in [0.3, 0.4) is 0 Å². The molecule has 12 heteroatoms. The Morgan fingerprint density at radius 3 is 2.71 bits per heavy atom. The van der Waals surface area contributed by atoms with Gasteiger partial charge in [0.2, 0.25) is 5.88 Å². The standard InChI is InChI=1S/C26H26FN7O4/c1-32-12-17(24(31-32)38-3)21-19(13-4-6-14(27)7-5-13)20-22-18(11-28-23(20)30-21)33(2)26(37)34(22)16-9-8-15(10-16)29-25(35)36/h4-7,11-12,15-16,29H,8-10H2,1-3H3,(H,28,30)(H,35,36)/t15-,16-/m1/s1. The summed E-state index contributed by atoms with van der Waals surface area (Å²) in [6, 6.07) is 5.72. The highest BCUT2D eigenvalue weighted by Gasteiger charge is 2.32. The van der Waals surface area contributed by atoms with Crippen molar-refractivity contribution in [3.8, 4) is 28.3 Å². The van der Waals surface area contributed by atoms with Crippen molar-refractivity contribution >= 4 is 28.2 Å². The second kappa shape index (κ2) is 8.75. The van der Waals surface area contributed by atoms with E-state index in [4.69, 9.17) is 4.74 Å². The van der Waals surface area contributed by atoms with Gasteiger partial charge in [-0.3, -0.25) is 13.8 Å². The van der Waals surface area contributed by atoms with Crippen LogP contribution in [0, 0.1) is 5.82 Å². The van der Waals surface area contributed by atoms with Crippen molar-refractivity contribution in [1.82, 2.24) is 34.2 Å². The highest BCUT2D eigenvalue weighted by molar-refractivity contribution is 6.14. The maximum atomic E-state index is 13.9. The van der Waals surface area contributed by atoms with Crippen molar-refractivity contribution in [3.63, 3.8) is 0 Å². The molecule has 38 heavy (non-hydrogen) atoms. The summed E-state index contributed by atoms with van der Waals surface area (Å²) in [6.07, 6.45) is 4.18. The fourth-order valence-corrected chi connectivity index (χ4v) is 5.71. The van der Waals surface area contributed by atoms with Crippen molar-refractivity contribution in [3.05, 3.63) is 53.0 Å². The number of methoxy groups -OCH3 is 1. The summed E-state index contributed by atoms with van der Waals surface area (Å²) in [6.45, 7) is 0. The number of rotatable bonds is 5. The van der Waals surface area contributed by atoms with Crippen LogP contribution in [0.25, 0.3) is 44.5 Å². The van der Waals surface area contributed by atoms with Gasteiger partial charge in [-0.25, -0.2) is 19.0 Å². The molecule has 1 amide bonds. The predicted molar refractivity (Wildman–Crippen MR) is 139 cm³/mol. The molecule has 0 saturated heterocycles. The number of imidazole rings is 1. The molecule has 1 fully saturated rings. The molecule has 1 aromatic carbocycles. The van der Waals surface area contributed by atoms with Gasteiger partial charge in [-0.2, -0.15) is 0 Å². The number of carboxylic acid groups (broad SMARTS) is 1. The average Bonchev–Trinajstić information content (AvgIpc) is 3.64. The SMILES string of the molecule is COc1nn(C)cc1-c1[nH]c2ncc3c(c2c1-c1ccc(F)cc1)n([C@@H]1CC[C@@H](NC(=O)O)C1)c(=O)n3C. The first-order chi connectivity index (χ1) is 18.3. The molecule has 1 saturated carbocycles. The Labute approximate surface area is 215 Å². The minimum Gasteiger partial charge on any atom is -0.479 e. The Balaban J connectivity index is 1.68. The van der Waals surface area contributed by atoms with Crippen molar-refractivity contribution in [2.45, 2.75) is 31.3 Å². The normalized spacial score (nSPS) is 17.5. The van der Waals surface area contributed by atoms with Gasteiger partial charge in [-0.1, -0.05) is 12.1 Å². The number of halogens is 1. The minimum atomic E-state index is -1.08. The number of amides is 1. The summed E-state index contributed by atoms with van der Waals surface area (Å²) in [7, 11) is 5.03. The third kappa shape index (κ3) is 3.63. The van der Waals surface area contributed by atoms with Crippen LogP contribution in [0.5, 0.6) is 5.88 Å². The molecule has 0 spiro atoms. The van der Waals surface area contributed by atoms with E-state index in [1.807, 2.05) is 6.20 Å². The van der Waals surface area contributed by atoms with E-state index in [1.54, 1.807) is 53.4 Å². The lowest BCUT2D eigenvalue weighted by Gasteiger charge is -2.14. The van der Waals surface area contributed by atoms with Gasteiger partial charge in [-0.15, -0.1) is 5.10 Å². The quantitative estimate of drug-likeness (QED) is 0.324. The summed E-state index contributed by atoms with van der Waals surface area (Å²) in [5, 5.41) is 16.9. The lowest BCUT2D eigenvalue weighted by Crippen LogP contribution is -2.32. The van der Waals surface area contributed by atoms with Crippen molar-refractivity contribution in [1.29, 1.82) is 0 Å². The van der Waals surface area contributed by atoms with Gasteiger partial charge in [0.1, 0.15) is 11.5 Å². The highest BCUT2D eigenvalue weighted by atomic mass is 19.1. The van der Waals surface area contributed by atoms with Crippen LogP contribution < -0.4 is 15.7 Å². The number of aryl methyl sites for hydroxylation is 2. The van der Waals surface area contributed by atoms with E-state index in [2.05, 4.69) is 20.4 Å². The van der Waals surface area contributed by atoms with E-state index in [0.717, 1.165) is 11.1 Å². The molecule has 3 N–H and O–H groups in total. The molecule has 4 aromatic heterocycles. The van der Waals surface area contributed by atoms with E-state index >= 15 is 0 Å². The summed E-state index contributed by atoms with van der Waals surface area (Å²) >= 11 is 0. The molecule has 196 valence electrons. The van der Waals surface area contributed by atoms with Gasteiger partial charge in [0.15, 0.2) is 0 Å². The smallest absolute Gasteiger partial charge is 0.404 e. The van der Waals surface area contributed by atoms with Crippen LogP contribution in [0.2, 0.25) is 0 Å². The number of ether oxygens (including phenoxy) is 1. The lowest BCUT2D eigenvalue weighted by molar-refractivity contribution is 0.190. The summed E-state index contributed by atoms with van der Waals surface area (Å²) in [5.74, 6) is 0.0411. The zero-order chi connectivity index (χ0) is 26.7. The predicted octanol–water partition coefficient (Wildman–Crippen LogP) is 3.79. The van der Waals surface area contributed by atoms with E-state index in [0.29, 0.717) is 58.5 Å². The topological polar surface area (TPSA) is 132 Å². The number of hydrogen-bond acceptors (Lipinski definition) is 5. The molecular formula is C26H26FN7O4. The fraction of sp³-hybridized carbons (Fsp3) is 0.308. The molecule has 5 aromatic rings. The number of pyridine rings is 1. The average molecular weight is 520 g/mol. The number of fused-ring (bicyclic) bond motifs is 3. The van der Waals surface area contributed by atoms with Gasteiger partial charge >= 0.3 is 11.8 Å². The zero-order valence-corrected chi connectivity index (χ0v) is 21.0. The molecule has 0 unspecified atom stereocenters. The van der Waals surface area contributed by atoms with Crippen LogP contribution in [0.4, 0.5) is 9.18 Å². The molecule has 0 aliphatic heterocycles. The monoisotopic (exact) mass is 519 g/mol. The third-order valence-corrected chi connectivity index (χ3v) is 7.36. The van der Waals surface area contributed by atoms with E-state index in [-0.39, 0.29) is 23.6 Å². The molecule has 1 aliphatic rings.